The molecule has 3 rings (SSSR count). The molecule has 0 N–H and O–H groups in total. The molecule has 4 heteroatoms. The first-order valence-corrected chi connectivity index (χ1v) is 6.99. The molecule has 3 nitrogen and oxygen atoms in total. The second kappa shape index (κ2) is 4.88. The molecule has 0 aromatic carbocycles. The largest absolute Gasteiger partial charge is 0.474 e. The zero-order chi connectivity index (χ0) is 12.5. The lowest BCUT2D eigenvalue weighted by molar-refractivity contribution is 0.148. The molecule has 0 spiro atoms. The highest BCUT2D eigenvalue weighted by Crippen LogP contribution is 2.32. The Morgan fingerprint density at radius 3 is 2.83 bits per heavy atom. The van der Waals surface area contributed by atoms with Crippen LogP contribution in [0.15, 0.2) is 11.1 Å². The van der Waals surface area contributed by atoms with E-state index in [0.29, 0.717) is 23.7 Å². The van der Waals surface area contributed by atoms with E-state index in [2.05, 4.69) is 9.98 Å². The van der Waals surface area contributed by atoms with Crippen molar-refractivity contribution in [2.24, 2.45) is 4.99 Å². The van der Waals surface area contributed by atoms with Gasteiger partial charge in [-0.15, -0.1) is 0 Å². The van der Waals surface area contributed by atoms with Crippen molar-refractivity contribution in [3.05, 3.63) is 22.3 Å². The van der Waals surface area contributed by atoms with Crippen molar-refractivity contribution < 1.29 is 4.74 Å². The Kier molecular flexibility index (Phi) is 3.25. The monoisotopic (exact) mass is 264 g/mol. The highest BCUT2D eigenvalue weighted by atomic mass is 35.5. The molecule has 0 saturated heterocycles. The van der Waals surface area contributed by atoms with Gasteiger partial charge in [0.2, 0.25) is 5.88 Å². The molecule has 96 valence electrons. The fraction of sp³-hybridized carbons (Fsp3) is 0.571. The summed E-state index contributed by atoms with van der Waals surface area (Å²) in [6.07, 6.45) is 6.36. The molecule has 2 heterocycles. The molecule has 0 amide bonds. The van der Waals surface area contributed by atoms with Gasteiger partial charge in [-0.05, 0) is 44.2 Å². The van der Waals surface area contributed by atoms with E-state index in [9.17, 15) is 0 Å². The quantitative estimate of drug-likeness (QED) is 0.762. The van der Waals surface area contributed by atoms with Crippen LogP contribution in [0.4, 0.5) is 0 Å². The number of rotatable bonds is 2. The Hall–Kier alpha value is -1.09. The molecule has 1 aliphatic heterocycles. The summed E-state index contributed by atoms with van der Waals surface area (Å²) < 4.78 is 6.07. The molecule has 1 saturated carbocycles. The van der Waals surface area contributed by atoms with Crippen molar-refractivity contribution in [3.8, 4) is 5.88 Å². The van der Waals surface area contributed by atoms with E-state index < -0.39 is 0 Å². The Bertz CT molecular complexity index is 493. The fourth-order valence-electron chi connectivity index (χ4n) is 2.76. The first-order valence-electron chi connectivity index (χ1n) is 6.61. The number of nitrogens with zero attached hydrogens (tertiary/aromatic N) is 2. The molecule has 18 heavy (non-hydrogen) atoms. The molecule has 0 radical (unpaired) electrons. The van der Waals surface area contributed by atoms with E-state index in [4.69, 9.17) is 16.3 Å². The van der Waals surface area contributed by atoms with Crippen molar-refractivity contribution in [2.75, 3.05) is 0 Å². The summed E-state index contributed by atoms with van der Waals surface area (Å²) in [7, 11) is 0. The van der Waals surface area contributed by atoms with Crippen LogP contribution in [-0.4, -0.2) is 16.8 Å². The maximum atomic E-state index is 6.07. The van der Waals surface area contributed by atoms with E-state index in [1.807, 2.05) is 13.0 Å². The molecule has 2 aliphatic rings. The minimum atomic E-state index is 0.294. The van der Waals surface area contributed by atoms with Gasteiger partial charge in [0.1, 0.15) is 11.3 Å². The maximum absolute atomic E-state index is 6.07. The number of aliphatic imine (C=N–C) groups is 1. The summed E-state index contributed by atoms with van der Waals surface area (Å²) in [6.45, 7) is 2.71. The summed E-state index contributed by atoms with van der Waals surface area (Å²) in [4.78, 5) is 8.79. The lowest BCUT2D eigenvalue weighted by Gasteiger charge is -2.23. The van der Waals surface area contributed by atoms with Crippen LogP contribution in [0.5, 0.6) is 5.88 Å². The second-order valence-electron chi connectivity index (χ2n) is 5.06. The molecule has 1 aromatic rings. The number of hydrogen-bond acceptors (Lipinski definition) is 3. The zero-order valence-corrected chi connectivity index (χ0v) is 11.3. The Balaban J connectivity index is 1.89. The molecule has 1 aliphatic carbocycles. The van der Waals surface area contributed by atoms with Gasteiger partial charge in [-0.2, -0.15) is 0 Å². The van der Waals surface area contributed by atoms with E-state index in [0.717, 1.165) is 29.7 Å². The van der Waals surface area contributed by atoms with Gasteiger partial charge in [0.15, 0.2) is 0 Å². The van der Waals surface area contributed by atoms with Gasteiger partial charge >= 0.3 is 0 Å². The van der Waals surface area contributed by atoms with Gasteiger partial charge in [-0.3, -0.25) is 4.99 Å². The topological polar surface area (TPSA) is 34.5 Å². The number of hydrogen-bond donors (Lipinski definition) is 0. The lowest BCUT2D eigenvalue weighted by Crippen LogP contribution is -2.21. The summed E-state index contributed by atoms with van der Waals surface area (Å²) in [5, 5.41) is 0.504. The van der Waals surface area contributed by atoms with Gasteiger partial charge in [-0.25, -0.2) is 4.98 Å². The van der Waals surface area contributed by atoms with Crippen LogP contribution in [0, 0.1) is 0 Å². The van der Waals surface area contributed by atoms with Crippen molar-refractivity contribution >= 4 is 17.3 Å². The molecule has 1 fully saturated rings. The predicted octanol–water partition coefficient (Wildman–Crippen LogP) is 3.77. The first-order chi connectivity index (χ1) is 8.74. The average molecular weight is 265 g/mol. The number of halogens is 1. The SMILES string of the molecule is CC1=NCc2cc(Cl)nc(OC3CCCCC3)c21. The summed E-state index contributed by atoms with van der Waals surface area (Å²) >= 11 is 6.05. The van der Waals surface area contributed by atoms with Crippen LogP contribution in [0.25, 0.3) is 0 Å². The third-order valence-electron chi connectivity index (χ3n) is 3.72. The van der Waals surface area contributed by atoms with E-state index in [-0.39, 0.29) is 0 Å². The lowest BCUT2D eigenvalue weighted by atomic mass is 9.98. The van der Waals surface area contributed by atoms with Crippen molar-refractivity contribution in [2.45, 2.75) is 51.7 Å². The van der Waals surface area contributed by atoms with Crippen LogP contribution in [0.2, 0.25) is 5.15 Å². The molecular formula is C14H17ClN2O. The smallest absolute Gasteiger partial charge is 0.224 e. The molecule has 0 bridgehead atoms. The van der Waals surface area contributed by atoms with Gasteiger partial charge in [0, 0.05) is 5.71 Å². The van der Waals surface area contributed by atoms with Gasteiger partial charge in [0.25, 0.3) is 0 Å². The Morgan fingerprint density at radius 1 is 1.28 bits per heavy atom. The Morgan fingerprint density at radius 2 is 2.06 bits per heavy atom. The molecular weight excluding hydrogens is 248 g/mol. The number of ether oxygens (including phenoxy) is 1. The van der Waals surface area contributed by atoms with E-state index in [1.54, 1.807) is 0 Å². The van der Waals surface area contributed by atoms with Crippen LogP contribution < -0.4 is 4.74 Å². The minimum Gasteiger partial charge on any atom is -0.474 e. The highest BCUT2D eigenvalue weighted by Gasteiger charge is 2.23. The third-order valence-corrected chi connectivity index (χ3v) is 3.91. The maximum Gasteiger partial charge on any atom is 0.224 e. The fourth-order valence-corrected chi connectivity index (χ4v) is 2.97. The van der Waals surface area contributed by atoms with Gasteiger partial charge in [-0.1, -0.05) is 18.0 Å². The van der Waals surface area contributed by atoms with E-state index >= 15 is 0 Å². The van der Waals surface area contributed by atoms with Crippen molar-refractivity contribution in [3.63, 3.8) is 0 Å². The second-order valence-corrected chi connectivity index (χ2v) is 5.45. The summed E-state index contributed by atoms with van der Waals surface area (Å²) in [5.74, 6) is 0.683. The third kappa shape index (κ3) is 2.24. The normalized spacial score (nSPS) is 19.6. The minimum absolute atomic E-state index is 0.294. The van der Waals surface area contributed by atoms with Gasteiger partial charge < -0.3 is 4.74 Å². The number of aromatic nitrogens is 1. The van der Waals surface area contributed by atoms with Crippen molar-refractivity contribution in [1.29, 1.82) is 0 Å². The number of pyridine rings is 1. The van der Waals surface area contributed by atoms with Crippen molar-refractivity contribution in [1.82, 2.24) is 4.98 Å². The van der Waals surface area contributed by atoms with Crippen LogP contribution >= 0.6 is 11.6 Å². The van der Waals surface area contributed by atoms with Crippen LogP contribution in [0.3, 0.4) is 0 Å². The van der Waals surface area contributed by atoms with Crippen LogP contribution in [0.1, 0.15) is 50.2 Å². The summed E-state index contributed by atoms with van der Waals surface area (Å²) in [6, 6.07) is 1.89. The predicted molar refractivity (Wildman–Crippen MR) is 72.7 cm³/mol. The van der Waals surface area contributed by atoms with E-state index in [1.165, 1.54) is 19.3 Å². The highest BCUT2D eigenvalue weighted by molar-refractivity contribution is 6.29. The average Bonchev–Trinajstić information content (AvgIpc) is 2.72. The molecule has 0 atom stereocenters. The molecule has 1 aromatic heterocycles. The Labute approximate surface area is 112 Å². The first kappa shape index (κ1) is 12.0. The zero-order valence-electron chi connectivity index (χ0n) is 10.6. The van der Waals surface area contributed by atoms with Crippen LogP contribution in [-0.2, 0) is 6.54 Å². The standard InChI is InChI=1S/C14H17ClN2O/c1-9-13-10(8-16-9)7-12(15)17-14(13)18-11-5-3-2-4-6-11/h7,11H,2-6,8H2,1H3. The summed E-state index contributed by atoms with van der Waals surface area (Å²) in [5.41, 5.74) is 3.21. The number of fused-ring (bicyclic) bond motifs is 1. The van der Waals surface area contributed by atoms with Gasteiger partial charge in [0.05, 0.1) is 12.1 Å². The molecule has 0 unspecified atom stereocenters.